The minimum atomic E-state index is 0.260. The van der Waals surface area contributed by atoms with Gasteiger partial charge in [0.1, 0.15) is 5.76 Å². The van der Waals surface area contributed by atoms with E-state index in [0.717, 1.165) is 12.3 Å². The highest BCUT2D eigenvalue weighted by Crippen LogP contribution is 2.16. The van der Waals surface area contributed by atoms with Crippen molar-refractivity contribution >= 4 is 0 Å². The molecule has 0 aliphatic carbocycles. The SMILES string of the molecule is CC(CN[C@@H](C)c1ccco1)c1ccccc1. The molecule has 0 spiro atoms. The zero-order chi connectivity index (χ0) is 12.1. The molecule has 2 heteroatoms. The van der Waals surface area contributed by atoms with E-state index in [1.165, 1.54) is 5.56 Å². The molecule has 0 radical (unpaired) electrons. The van der Waals surface area contributed by atoms with E-state index in [9.17, 15) is 0 Å². The summed E-state index contributed by atoms with van der Waals surface area (Å²) in [6, 6.07) is 14.8. The summed E-state index contributed by atoms with van der Waals surface area (Å²) in [6.07, 6.45) is 1.72. The summed E-state index contributed by atoms with van der Waals surface area (Å²) in [7, 11) is 0. The topological polar surface area (TPSA) is 25.2 Å². The van der Waals surface area contributed by atoms with Gasteiger partial charge < -0.3 is 9.73 Å². The Kier molecular flexibility index (Phi) is 3.99. The Hall–Kier alpha value is -1.54. The van der Waals surface area contributed by atoms with Gasteiger partial charge in [0.05, 0.1) is 12.3 Å². The normalized spacial score (nSPS) is 14.5. The highest BCUT2D eigenvalue weighted by molar-refractivity contribution is 5.19. The Morgan fingerprint density at radius 2 is 1.82 bits per heavy atom. The van der Waals surface area contributed by atoms with Crippen molar-refractivity contribution < 1.29 is 4.42 Å². The van der Waals surface area contributed by atoms with Gasteiger partial charge in [0, 0.05) is 6.54 Å². The molecule has 1 aromatic heterocycles. The first-order chi connectivity index (χ1) is 8.27. The van der Waals surface area contributed by atoms with E-state index < -0.39 is 0 Å². The van der Waals surface area contributed by atoms with Crippen LogP contribution < -0.4 is 5.32 Å². The van der Waals surface area contributed by atoms with Gasteiger partial charge in [0.15, 0.2) is 0 Å². The van der Waals surface area contributed by atoms with Gasteiger partial charge in [0.25, 0.3) is 0 Å². The molecule has 0 aliphatic heterocycles. The van der Waals surface area contributed by atoms with Gasteiger partial charge in [-0.25, -0.2) is 0 Å². The average molecular weight is 229 g/mol. The summed E-state index contributed by atoms with van der Waals surface area (Å²) >= 11 is 0. The molecule has 2 rings (SSSR count). The third-order valence-electron chi connectivity index (χ3n) is 3.07. The van der Waals surface area contributed by atoms with Crippen LogP contribution in [0.2, 0.25) is 0 Å². The summed E-state index contributed by atoms with van der Waals surface area (Å²) in [4.78, 5) is 0. The Labute approximate surface area is 103 Å². The van der Waals surface area contributed by atoms with Crippen molar-refractivity contribution in [2.24, 2.45) is 0 Å². The lowest BCUT2D eigenvalue weighted by atomic mass is 10.0. The number of nitrogens with one attached hydrogen (secondary N) is 1. The Morgan fingerprint density at radius 3 is 2.47 bits per heavy atom. The highest BCUT2D eigenvalue weighted by Gasteiger charge is 2.10. The third kappa shape index (κ3) is 3.21. The molecular formula is C15H19NO. The number of furan rings is 1. The maximum Gasteiger partial charge on any atom is 0.120 e. The lowest BCUT2D eigenvalue weighted by Gasteiger charge is -2.16. The Balaban J connectivity index is 1.86. The Bertz CT molecular complexity index is 421. The largest absolute Gasteiger partial charge is 0.468 e. The lowest BCUT2D eigenvalue weighted by molar-refractivity contribution is 0.424. The smallest absolute Gasteiger partial charge is 0.120 e. The number of hydrogen-bond donors (Lipinski definition) is 1. The zero-order valence-corrected chi connectivity index (χ0v) is 10.4. The van der Waals surface area contributed by atoms with Crippen molar-refractivity contribution in [1.29, 1.82) is 0 Å². The molecule has 1 N–H and O–H groups in total. The highest BCUT2D eigenvalue weighted by atomic mass is 16.3. The van der Waals surface area contributed by atoms with Crippen molar-refractivity contribution in [2.75, 3.05) is 6.54 Å². The fraction of sp³-hybridized carbons (Fsp3) is 0.333. The lowest BCUT2D eigenvalue weighted by Crippen LogP contribution is -2.23. The van der Waals surface area contributed by atoms with Crippen LogP contribution in [0.3, 0.4) is 0 Å². The zero-order valence-electron chi connectivity index (χ0n) is 10.4. The molecule has 2 aromatic rings. The van der Waals surface area contributed by atoms with Crippen LogP contribution in [0, 0.1) is 0 Å². The molecule has 0 bridgehead atoms. The monoisotopic (exact) mass is 229 g/mol. The number of rotatable bonds is 5. The first-order valence-electron chi connectivity index (χ1n) is 6.09. The fourth-order valence-electron chi connectivity index (χ4n) is 1.89. The van der Waals surface area contributed by atoms with E-state index in [1.54, 1.807) is 6.26 Å². The third-order valence-corrected chi connectivity index (χ3v) is 3.07. The fourth-order valence-corrected chi connectivity index (χ4v) is 1.89. The van der Waals surface area contributed by atoms with Crippen LogP contribution >= 0.6 is 0 Å². The van der Waals surface area contributed by atoms with Crippen LogP contribution in [0.1, 0.15) is 37.1 Å². The van der Waals surface area contributed by atoms with Crippen molar-refractivity contribution in [3.63, 3.8) is 0 Å². The maximum atomic E-state index is 5.37. The van der Waals surface area contributed by atoms with Crippen molar-refractivity contribution in [2.45, 2.75) is 25.8 Å². The molecule has 17 heavy (non-hydrogen) atoms. The van der Waals surface area contributed by atoms with Gasteiger partial charge in [0.2, 0.25) is 0 Å². The van der Waals surface area contributed by atoms with Gasteiger partial charge in [-0.05, 0) is 30.5 Å². The second-order valence-corrected chi connectivity index (χ2v) is 4.46. The molecule has 0 saturated carbocycles. The molecule has 90 valence electrons. The molecule has 1 aromatic carbocycles. The first-order valence-corrected chi connectivity index (χ1v) is 6.09. The van der Waals surface area contributed by atoms with Crippen molar-refractivity contribution in [3.05, 3.63) is 60.1 Å². The van der Waals surface area contributed by atoms with Crippen LogP contribution in [0.25, 0.3) is 0 Å². The molecule has 0 fully saturated rings. The predicted molar refractivity (Wildman–Crippen MR) is 70.0 cm³/mol. The minimum absolute atomic E-state index is 0.260. The number of benzene rings is 1. The molecule has 0 amide bonds. The first kappa shape index (κ1) is 11.9. The van der Waals surface area contributed by atoms with Crippen molar-refractivity contribution in [1.82, 2.24) is 5.32 Å². The molecule has 0 saturated heterocycles. The standard InChI is InChI=1S/C15H19NO/c1-12(14-7-4-3-5-8-14)11-16-13(2)15-9-6-10-17-15/h3-10,12-13,16H,11H2,1-2H3/t12?,13-/m0/s1. The second-order valence-electron chi connectivity index (χ2n) is 4.46. The van der Waals surface area contributed by atoms with Crippen LogP contribution in [0.5, 0.6) is 0 Å². The Morgan fingerprint density at radius 1 is 1.06 bits per heavy atom. The van der Waals surface area contributed by atoms with Crippen LogP contribution in [0.4, 0.5) is 0 Å². The summed E-state index contributed by atoms with van der Waals surface area (Å²) in [5, 5.41) is 3.49. The summed E-state index contributed by atoms with van der Waals surface area (Å²) < 4.78 is 5.37. The van der Waals surface area contributed by atoms with Crippen LogP contribution in [0.15, 0.2) is 53.1 Å². The average Bonchev–Trinajstić information content (AvgIpc) is 2.90. The van der Waals surface area contributed by atoms with E-state index in [0.29, 0.717) is 5.92 Å². The van der Waals surface area contributed by atoms with E-state index in [1.807, 2.05) is 12.1 Å². The summed E-state index contributed by atoms with van der Waals surface area (Å²) in [5.74, 6) is 1.50. The molecule has 1 unspecified atom stereocenters. The predicted octanol–water partition coefficient (Wildman–Crippen LogP) is 3.73. The minimum Gasteiger partial charge on any atom is -0.468 e. The quantitative estimate of drug-likeness (QED) is 0.845. The second kappa shape index (κ2) is 5.69. The van der Waals surface area contributed by atoms with E-state index in [4.69, 9.17) is 4.42 Å². The summed E-state index contributed by atoms with van der Waals surface area (Å²) in [5.41, 5.74) is 1.37. The number of hydrogen-bond acceptors (Lipinski definition) is 2. The van der Waals surface area contributed by atoms with Gasteiger partial charge in [-0.2, -0.15) is 0 Å². The van der Waals surface area contributed by atoms with Crippen molar-refractivity contribution in [3.8, 4) is 0 Å². The molecule has 2 nitrogen and oxygen atoms in total. The van der Waals surface area contributed by atoms with Gasteiger partial charge >= 0.3 is 0 Å². The molecule has 0 aliphatic rings. The van der Waals surface area contributed by atoms with Gasteiger partial charge in [-0.15, -0.1) is 0 Å². The van der Waals surface area contributed by atoms with E-state index >= 15 is 0 Å². The maximum absolute atomic E-state index is 5.37. The molecular weight excluding hydrogens is 210 g/mol. The van der Waals surface area contributed by atoms with Gasteiger partial charge in [-0.3, -0.25) is 0 Å². The van der Waals surface area contributed by atoms with Crippen LogP contribution in [-0.4, -0.2) is 6.54 Å². The molecule has 2 atom stereocenters. The van der Waals surface area contributed by atoms with Gasteiger partial charge in [-0.1, -0.05) is 37.3 Å². The van der Waals surface area contributed by atoms with Crippen LogP contribution in [-0.2, 0) is 0 Å². The van der Waals surface area contributed by atoms with E-state index in [2.05, 4.69) is 49.5 Å². The molecule has 1 heterocycles. The van der Waals surface area contributed by atoms with E-state index in [-0.39, 0.29) is 6.04 Å². The summed E-state index contributed by atoms with van der Waals surface area (Å²) in [6.45, 7) is 5.31.